The first kappa shape index (κ1) is 22.7. The lowest BCUT2D eigenvalue weighted by molar-refractivity contribution is -0.154. The molecule has 1 atom stereocenters. The summed E-state index contributed by atoms with van der Waals surface area (Å²) in [6.07, 6.45) is 1.91. The topological polar surface area (TPSA) is 105 Å². The number of rotatable bonds is 9. The maximum Gasteiger partial charge on any atom is 0.329 e. The first-order valence-electron chi connectivity index (χ1n) is 9.44. The first-order chi connectivity index (χ1) is 13.7. The summed E-state index contributed by atoms with van der Waals surface area (Å²) in [4.78, 5) is 49.9. The Balaban J connectivity index is 1.86. The average Bonchev–Trinajstić information content (AvgIpc) is 3.47. The number of carbonyl (C=O) groups excluding carboxylic acids is 4. The number of nitrogens with one attached hydrogen (secondary N) is 2. The molecule has 0 saturated heterocycles. The van der Waals surface area contributed by atoms with E-state index < -0.39 is 30.4 Å². The van der Waals surface area contributed by atoms with Crippen molar-refractivity contribution in [1.82, 2.24) is 15.5 Å². The van der Waals surface area contributed by atoms with Crippen molar-refractivity contribution in [3.05, 3.63) is 34.9 Å². The lowest BCUT2D eigenvalue weighted by atomic mass is 10.0. The number of likely N-dealkylation sites (N-methyl/N-ethyl adjacent to an activating group) is 1. The zero-order valence-electron chi connectivity index (χ0n) is 16.7. The zero-order chi connectivity index (χ0) is 21.6. The predicted octanol–water partition coefficient (Wildman–Crippen LogP) is 1.37. The molecule has 1 saturated carbocycles. The fourth-order valence-electron chi connectivity index (χ4n) is 2.50. The Morgan fingerprint density at radius 1 is 1.21 bits per heavy atom. The number of ether oxygens (including phenoxy) is 1. The summed E-state index contributed by atoms with van der Waals surface area (Å²) in [5.41, 5.74) is 0.241. The number of benzene rings is 1. The lowest BCUT2D eigenvalue weighted by Gasteiger charge is -2.22. The van der Waals surface area contributed by atoms with Gasteiger partial charge in [0.1, 0.15) is 6.04 Å². The van der Waals surface area contributed by atoms with Gasteiger partial charge in [0, 0.05) is 13.1 Å². The second-order valence-electron chi connectivity index (χ2n) is 7.37. The monoisotopic (exact) mass is 423 g/mol. The van der Waals surface area contributed by atoms with Crippen LogP contribution < -0.4 is 10.6 Å². The van der Waals surface area contributed by atoms with Gasteiger partial charge in [0.05, 0.1) is 17.1 Å². The fourth-order valence-corrected chi connectivity index (χ4v) is 2.72. The summed E-state index contributed by atoms with van der Waals surface area (Å²) in [6, 6.07) is 5.74. The average molecular weight is 424 g/mol. The number of carbonyl (C=O) groups is 4. The van der Waals surface area contributed by atoms with E-state index in [0.29, 0.717) is 0 Å². The Kier molecular flexibility index (Phi) is 8.01. The smallest absolute Gasteiger partial charge is 0.329 e. The maximum absolute atomic E-state index is 12.4. The summed E-state index contributed by atoms with van der Waals surface area (Å²) < 4.78 is 5.08. The molecule has 1 fully saturated rings. The third kappa shape index (κ3) is 7.05. The van der Waals surface area contributed by atoms with E-state index in [1.165, 1.54) is 11.9 Å². The van der Waals surface area contributed by atoms with Gasteiger partial charge in [-0.3, -0.25) is 14.4 Å². The van der Waals surface area contributed by atoms with Gasteiger partial charge in [-0.2, -0.15) is 0 Å². The molecular weight excluding hydrogens is 398 g/mol. The van der Waals surface area contributed by atoms with E-state index in [0.717, 1.165) is 12.8 Å². The first-order valence-corrected chi connectivity index (χ1v) is 9.82. The van der Waals surface area contributed by atoms with E-state index >= 15 is 0 Å². The Labute approximate surface area is 174 Å². The second kappa shape index (κ2) is 10.2. The van der Waals surface area contributed by atoms with Crippen LogP contribution in [-0.4, -0.2) is 60.9 Å². The van der Waals surface area contributed by atoms with Crippen LogP contribution >= 0.6 is 11.6 Å². The van der Waals surface area contributed by atoms with Crippen LogP contribution in [-0.2, 0) is 19.1 Å². The van der Waals surface area contributed by atoms with Crippen molar-refractivity contribution in [2.45, 2.75) is 38.8 Å². The molecule has 0 heterocycles. The van der Waals surface area contributed by atoms with Crippen molar-refractivity contribution in [3.8, 4) is 0 Å². The molecule has 0 spiro atoms. The van der Waals surface area contributed by atoms with Crippen molar-refractivity contribution in [1.29, 1.82) is 0 Å². The van der Waals surface area contributed by atoms with Gasteiger partial charge in [-0.05, 0) is 30.9 Å². The summed E-state index contributed by atoms with van der Waals surface area (Å²) in [6.45, 7) is 2.87. The van der Waals surface area contributed by atoms with Gasteiger partial charge < -0.3 is 20.3 Å². The van der Waals surface area contributed by atoms with Gasteiger partial charge in [0.15, 0.2) is 6.61 Å². The fraction of sp³-hybridized carbons (Fsp3) is 0.500. The second-order valence-corrected chi connectivity index (χ2v) is 7.78. The quantitative estimate of drug-likeness (QED) is 0.584. The van der Waals surface area contributed by atoms with Gasteiger partial charge in [0.25, 0.3) is 11.8 Å². The SMILES string of the molecule is CC(C)[C@H](NC(=O)c1ccccc1Cl)C(=O)OCC(=O)N(C)CC(=O)NC1CC1. The van der Waals surface area contributed by atoms with E-state index in [1.807, 2.05) is 0 Å². The zero-order valence-corrected chi connectivity index (χ0v) is 17.5. The number of amides is 3. The van der Waals surface area contributed by atoms with Gasteiger partial charge in [-0.25, -0.2) is 4.79 Å². The van der Waals surface area contributed by atoms with Crippen LogP contribution in [0.5, 0.6) is 0 Å². The Morgan fingerprint density at radius 2 is 1.86 bits per heavy atom. The maximum atomic E-state index is 12.4. The van der Waals surface area contributed by atoms with Crippen LogP contribution in [0.25, 0.3) is 0 Å². The van der Waals surface area contributed by atoms with Gasteiger partial charge >= 0.3 is 5.97 Å². The standard InChI is InChI=1S/C20H26ClN3O5/c1-12(2)18(23-19(27)14-6-4-5-7-15(14)21)20(28)29-11-17(26)24(3)10-16(25)22-13-8-9-13/h4-7,12-13,18H,8-11H2,1-3H3,(H,22,25)(H,23,27)/t18-/m0/s1. The Bertz CT molecular complexity index is 779. The molecule has 9 heteroatoms. The van der Waals surface area contributed by atoms with Gasteiger partial charge in [0.2, 0.25) is 5.91 Å². The molecule has 2 rings (SSSR count). The molecule has 2 N–H and O–H groups in total. The third-order valence-electron chi connectivity index (χ3n) is 4.41. The van der Waals surface area contributed by atoms with Crippen LogP contribution in [0.15, 0.2) is 24.3 Å². The number of hydrogen-bond acceptors (Lipinski definition) is 5. The van der Waals surface area contributed by atoms with Crippen LogP contribution in [0.3, 0.4) is 0 Å². The van der Waals surface area contributed by atoms with Crippen molar-refractivity contribution >= 4 is 35.3 Å². The van der Waals surface area contributed by atoms with Crippen molar-refractivity contribution in [2.24, 2.45) is 5.92 Å². The van der Waals surface area contributed by atoms with Crippen LogP contribution in [0.1, 0.15) is 37.0 Å². The predicted molar refractivity (Wildman–Crippen MR) is 107 cm³/mol. The highest BCUT2D eigenvalue weighted by atomic mass is 35.5. The molecule has 0 aliphatic heterocycles. The lowest BCUT2D eigenvalue weighted by Crippen LogP contribution is -2.46. The largest absolute Gasteiger partial charge is 0.454 e. The molecule has 29 heavy (non-hydrogen) atoms. The van der Waals surface area contributed by atoms with E-state index in [2.05, 4.69) is 10.6 Å². The summed E-state index contributed by atoms with van der Waals surface area (Å²) in [7, 11) is 1.46. The minimum absolute atomic E-state index is 0.107. The number of hydrogen-bond donors (Lipinski definition) is 2. The van der Waals surface area contributed by atoms with E-state index in [-0.39, 0.29) is 35.0 Å². The van der Waals surface area contributed by atoms with Gasteiger partial charge in [-0.1, -0.05) is 37.6 Å². The highest BCUT2D eigenvalue weighted by Gasteiger charge is 2.28. The van der Waals surface area contributed by atoms with Crippen LogP contribution in [0, 0.1) is 5.92 Å². The molecule has 0 bridgehead atoms. The molecule has 1 aliphatic carbocycles. The van der Waals surface area contributed by atoms with E-state index in [4.69, 9.17) is 16.3 Å². The summed E-state index contributed by atoms with van der Waals surface area (Å²) in [5, 5.41) is 5.65. The Hall–Kier alpha value is -2.61. The molecule has 3 amide bonds. The highest BCUT2D eigenvalue weighted by Crippen LogP contribution is 2.18. The summed E-state index contributed by atoms with van der Waals surface area (Å²) >= 11 is 6.02. The molecule has 0 unspecified atom stereocenters. The minimum Gasteiger partial charge on any atom is -0.454 e. The molecule has 158 valence electrons. The Morgan fingerprint density at radius 3 is 2.45 bits per heavy atom. The third-order valence-corrected chi connectivity index (χ3v) is 4.74. The molecule has 8 nitrogen and oxygen atoms in total. The van der Waals surface area contributed by atoms with E-state index in [1.54, 1.807) is 38.1 Å². The molecule has 0 aromatic heterocycles. The molecule has 1 aromatic carbocycles. The highest BCUT2D eigenvalue weighted by molar-refractivity contribution is 6.33. The number of nitrogens with zero attached hydrogens (tertiary/aromatic N) is 1. The van der Waals surface area contributed by atoms with E-state index in [9.17, 15) is 19.2 Å². The molecule has 1 aliphatic rings. The van der Waals surface area contributed by atoms with Crippen LogP contribution in [0.2, 0.25) is 5.02 Å². The van der Waals surface area contributed by atoms with Crippen molar-refractivity contribution in [2.75, 3.05) is 20.2 Å². The van der Waals surface area contributed by atoms with Crippen molar-refractivity contribution < 1.29 is 23.9 Å². The number of halogens is 1. The van der Waals surface area contributed by atoms with Gasteiger partial charge in [-0.15, -0.1) is 0 Å². The minimum atomic E-state index is -0.949. The molecule has 0 radical (unpaired) electrons. The van der Waals surface area contributed by atoms with Crippen LogP contribution in [0.4, 0.5) is 0 Å². The van der Waals surface area contributed by atoms with Crippen molar-refractivity contribution in [3.63, 3.8) is 0 Å². The summed E-state index contributed by atoms with van der Waals surface area (Å²) in [5.74, 6) is -2.27. The molecular formula is C20H26ClN3O5. The normalized spacial score (nSPS) is 14.1. The number of esters is 1. The molecule has 1 aromatic rings.